The number of hydrogen-bond donors (Lipinski definition) is 1. The summed E-state index contributed by atoms with van der Waals surface area (Å²) in [5.41, 5.74) is 5.66. The van der Waals surface area contributed by atoms with E-state index in [-0.39, 0.29) is 17.5 Å². The third-order valence-electron chi connectivity index (χ3n) is 4.04. The largest absolute Gasteiger partial charge is 0.497 e. The molecular weight excluding hydrogens is 271 g/mol. The molecule has 1 aliphatic rings. The third kappa shape index (κ3) is 3.73. The van der Waals surface area contributed by atoms with E-state index in [9.17, 15) is 9.18 Å². The summed E-state index contributed by atoms with van der Waals surface area (Å²) in [7, 11) is 1.47. The Morgan fingerprint density at radius 3 is 2.71 bits per heavy atom. The van der Waals surface area contributed by atoms with E-state index < -0.39 is 5.82 Å². The number of carbonyl (C=O) groups is 1. The molecule has 0 bridgehead atoms. The Balaban J connectivity index is 2.20. The molecule has 0 unspecified atom stereocenters. The van der Waals surface area contributed by atoms with Crippen molar-refractivity contribution in [2.75, 3.05) is 20.2 Å². The molecule has 1 fully saturated rings. The summed E-state index contributed by atoms with van der Waals surface area (Å²) in [6.07, 6.45) is 4.98. The first-order valence-corrected chi connectivity index (χ1v) is 7.52. The maximum atomic E-state index is 14.1. The zero-order valence-corrected chi connectivity index (χ0v) is 12.5. The maximum Gasteiger partial charge on any atom is 0.257 e. The minimum absolute atomic E-state index is 0.111. The molecule has 1 amide bonds. The molecule has 2 rings (SSSR count). The first-order valence-electron chi connectivity index (χ1n) is 7.52. The van der Waals surface area contributed by atoms with Crippen LogP contribution < -0.4 is 10.5 Å². The van der Waals surface area contributed by atoms with Crippen molar-refractivity contribution in [1.29, 1.82) is 0 Å². The Hall–Kier alpha value is -1.62. The number of methoxy groups -OCH3 is 1. The molecule has 0 spiro atoms. The van der Waals surface area contributed by atoms with Crippen molar-refractivity contribution in [1.82, 2.24) is 4.90 Å². The molecule has 0 radical (unpaired) electrons. The fraction of sp³-hybridized carbons (Fsp3) is 0.562. The predicted molar refractivity (Wildman–Crippen MR) is 79.9 cm³/mol. The quantitative estimate of drug-likeness (QED) is 0.877. The molecule has 5 heteroatoms. The van der Waals surface area contributed by atoms with Crippen LogP contribution in [0.5, 0.6) is 5.75 Å². The topological polar surface area (TPSA) is 55.6 Å². The number of benzene rings is 1. The zero-order valence-electron chi connectivity index (χ0n) is 12.5. The smallest absolute Gasteiger partial charge is 0.257 e. The van der Waals surface area contributed by atoms with Gasteiger partial charge < -0.3 is 15.4 Å². The molecular formula is C16H23FN2O2. The van der Waals surface area contributed by atoms with Crippen LogP contribution in [0.2, 0.25) is 0 Å². The van der Waals surface area contributed by atoms with Crippen LogP contribution in [0.4, 0.5) is 4.39 Å². The van der Waals surface area contributed by atoms with Crippen LogP contribution in [0.15, 0.2) is 18.2 Å². The molecule has 21 heavy (non-hydrogen) atoms. The molecule has 1 aromatic carbocycles. The number of halogens is 1. The fourth-order valence-corrected chi connectivity index (χ4v) is 2.88. The number of hydrogen-bond acceptors (Lipinski definition) is 3. The highest BCUT2D eigenvalue weighted by molar-refractivity contribution is 5.94. The van der Waals surface area contributed by atoms with Crippen molar-refractivity contribution in [2.45, 2.75) is 38.1 Å². The molecule has 1 aromatic rings. The Morgan fingerprint density at radius 2 is 2.14 bits per heavy atom. The monoisotopic (exact) mass is 294 g/mol. The highest BCUT2D eigenvalue weighted by Gasteiger charge is 2.28. The fourth-order valence-electron chi connectivity index (χ4n) is 2.88. The summed E-state index contributed by atoms with van der Waals surface area (Å²) in [5, 5.41) is 0. The summed E-state index contributed by atoms with van der Waals surface area (Å²) < 4.78 is 19.1. The number of amides is 1. The highest BCUT2D eigenvalue weighted by Crippen LogP contribution is 2.26. The zero-order chi connectivity index (χ0) is 15.2. The maximum absolute atomic E-state index is 14.1. The number of nitrogens with two attached hydrogens (primary N) is 1. The molecule has 1 saturated carbocycles. The van der Waals surface area contributed by atoms with Crippen molar-refractivity contribution in [3.63, 3.8) is 0 Å². The van der Waals surface area contributed by atoms with Crippen molar-refractivity contribution in [3.05, 3.63) is 29.6 Å². The predicted octanol–water partition coefficient (Wildman–Crippen LogP) is 2.57. The van der Waals surface area contributed by atoms with Crippen LogP contribution in [0.1, 0.15) is 42.5 Å². The van der Waals surface area contributed by atoms with Gasteiger partial charge in [-0.15, -0.1) is 0 Å². The summed E-state index contributed by atoms with van der Waals surface area (Å²) >= 11 is 0. The first-order chi connectivity index (χ1) is 10.2. The average molecular weight is 294 g/mol. The van der Waals surface area contributed by atoms with Gasteiger partial charge in [0.1, 0.15) is 11.6 Å². The molecule has 4 nitrogen and oxygen atoms in total. The van der Waals surface area contributed by atoms with E-state index in [1.54, 1.807) is 11.0 Å². The van der Waals surface area contributed by atoms with E-state index in [0.29, 0.717) is 18.8 Å². The Kier molecular flexibility index (Phi) is 5.56. The minimum atomic E-state index is -0.532. The van der Waals surface area contributed by atoms with Gasteiger partial charge in [-0.3, -0.25) is 4.79 Å². The van der Waals surface area contributed by atoms with Crippen molar-refractivity contribution in [3.8, 4) is 5.75 Å². The van der Waals surface area contributed by atoms with Crippen LogP contribution in [0.25, 0.3) is 0 Å². The van der Waals surface area contributed by atoms with E-state index in [2.05, 4.69) is 0 Å². The SMILES string of the molecule is COc1ccc(C(=O)N(CCCN)C2CCCC2)c(F)c1. The van der Waals surface area contributed by atoms with Gasteiger partial charge in [0.2, 0.25) is 0 Å². The van der Waals surface area contributed by atoms with Gasteiger partial charge in [-0.05, 0) is 37.9 Å². The first kappa shape index (κ1) is 15.8. The van der Waals surface area contributed by atoms with Gasteiger partial charge in [0.05, 0.1) is 12.7 Å². The molecule has 0 heterocycles. The van der Waals surface area contributed by atoms with Crippen LogP contribution in [0, 0.1) is 5.82 Å². The lowest BCUT2D eigenvalue weighted by Gasteiger charge is -2.29. The van der Waals surface area contributed by atoms with Crippen molar-refractivity contribution in [2.24, 2.45) is 5.73 Å². The number of rotatable bonds is 6. The van der Waals surface area contributed by atoms with Crippen molar-refractivity contribution < 1.29 is 13.9 Å². The molecule has 1 aliphatic carbocycles. The lowest BCUT2D eigenvalue weighted by atomic mass is 10.1. The van der Waals surface area contributed by atoms with E-state index in [4.69, 9.17) is 10.5 Å². The Morgan fingerprint density at radius 1 is 1.43 bits per heavy atom. The van der Waals surface area contributed by atoms with Gasteiger partial charge in [0, 0.05) is 18.7 Å². The van der Waals surface area contributed by atoms with Gasteiger partial charge in [-0.1, -0.05) is 12.8 Å². The molecule has 116 valence electrons. The van der Waals surface area contributed by atoms with Crippen LogP contribution >= 0.6 is 0 Å². The molecule has 0 aliphatic heterocycles. The van der Waals surface area contributed by atoms with E-state index in [1.807, 2.05) is 0 Å². The van der Waals surface area contributed by atoms with Crippen LogP contribution in [0.3, 0.4) is 0 Å². The average Bonchev–Trinajstić information content (AvgIpc) is 3.01. The lowest BCUT2D eigenvalue weighted by molar-refractivity contribution is 0.0675. The number of ether oxygens (including phenoxy) is 1. The van der Waals surface area contributed by atoms with Crippen LogP contribution in [-0.2, 0) is 0 Å². The lowest BCUT2D eigenvalue weighted by Crippen LogP contribution is -2.40. The third-order valence-corrected chi connectivity index (χ3v) is 4.04. The summed E-state index contributed by atoms with van der Waals surface area (Å²) in [4.78, 5) is 14.5. The Bertz CT molecular complexity index is 487. The van der Waals surface area contributed by atoms with Gasteiger partial charge >= 0.3 is 0 Å². The molecule has 0 atom stereocenters. The second-order valence-electron chi connectivity index (χ2n) is 5.42. The highest BCUT2D eigenvalue weighted by atomic mass is 19.1. The minimum Gasteiger partial charge on any atom is -0.497 e. The van der Waals surface area contributed by atoms with Gasteiger partial charge in [-0.25, -0.2) is 4.39 Å². The second kappa shape index (κ2) is 7.41. The Labute approximate surface area is 125 Å². The number of carbonyl (C=O) groups excluding carboxylic acids is 1. The van der Waals surface area contributed by atoms with E-state index in [0.717, 1.165) is 32.1 Å². The van der Waals surface area contributed by atoms with Gasteiger partial charge in [0.15, 0.2) is 0 Å². The molecule has 0 aromatic heterocycles. The van der Waals surface area contributed by atoms with Gasteiger partial charge in [0.25, 0.3) is 5.91 Å². The summed E-state index contributed by atoms with van der Waals surface area (Å²) in [6, 6.07) is 4.58. The number of nitrogens with zero attached hydrogens (tertiary/aromatic N) is 1. The van der Waals surface area contributed by atoms with E-state index >= 15 is 0 Å². The standard InChI is InChI=1S/C16H23FN2O2/c1-21-13-7-8-14(15(17)11-13)16(20)19(10-4-9-18)12-5-2-3-6-12/h7-8,11-12H,2-6,9-10,18H2,1H3. The normalized spacial score (nSPS) is 15.2. The molecule has 0 saturated heterocycles. The van der Waals surface area contributed by atoms with Crippen LogP contribution in [-0.4, -0.2) is 37.0 Å². The summed E-state index contributed by atoms with van der Waals surface area (Å²) in [5.74, 6) is -0.357. The van der Waals surface area contributed by atoms with Gasteiger partial charge in [-0.2, -0.15) is 0 Å². The second-order valence-corrected chi connectivity index (χ2v) is 5.42. The van der Waals surface area contributed by atoms with Crippen molar-refractivity contribution >= 4 is 5.91 Å². The summed E-state index contributed by atoms with van der Waals surface area (Å²) in [6.45, 7) is 1.12. The molecule has 2 N–H and O–H groups in total. The van der Waals surface area contributed by atoms with E-state index in [1.165, 1.54) is 19.2 Å².